The van der Waals surface area contributed by atoms with Crippen molar-refractivity contribution in [1.82, 2.24) is 9.97 Å². The summed E-state index contributed by atoms with van der Waals surface area (Å²) in [6.07, 6.45) is 6.68. The summed E-state index contributed by atoms with van der Waals surface area (Å²) in [6, 6.07) is 12.4. The predicted molar refractivity (Wildman–Crippen MR) is 108 cm³/mol. The van der Waals surface area contributed by atoms with Crippen molar-refractivity contribution in [2.45, 2.75) is 6.54 Å². The van der Waals surface area contributed by atoms with E-state index in [0.717, 1.165) is 10.4 Å². The second-order valence-electron chi connectivity index (χ2n) is 5.72. The number of pyridine rings is 1. The minimum Gasteiger partial charge on any atom is -0.280 e. The smallest absolute Gasteiger partial charge is 0.253 e. The molecule has 0 fully saturated rings. The van der Waals surface area contributed by atoms with E-state index in [4.69, 9.17) is 0 Å². The summed E-state index contributed by atoms with van der Waals surface area (Å²) in [7, 11) is 0. The third-order valence-electron chi connectivity index (χ3n) is 3.85. The molecular weight excluding hydrogens is 381 g/mol. The van der Waals surface area contributed by atoms with Gasteiger partial charge in [0.05, 0.1) is 11.2 Å². The lowest BCUT2D eigenvalue weighted by atomic mass is 10.2. The van der Waals surface area contributed by atoms with Crippen molar-refractivity contribution < 1.29 is 9.18 Å². The predicted octanol–water partition coefficient (Wildman–Crippen LogP) is 5.14. The number of benzene rings is 1. The Bertz CT molecular complexity index is 1090. The van der Waals surface area contributed by atoms with Crippen molar-refractivity contribution in [1.29, 1.82) is 0 Å². The summed E-state index contributed by atoms with van der Waals surface area (Å²) in [5, 5.41) is 2.41. The second kappa shape index (κ2) is 7.77. The Morgan fingerprint density at radius 2 is 2.11 bits per heavy atom. The van der Waals surface area contributed by atoms with Crippen LogP contribution in [-0.2, 0) is 11.3 Å². The van der Waals surface area contributed by atoms with E-state index < -0.39 is 5.82 Å². The van der Waals surface area contributed by atoms with Gasteiger partial charge in [-0.05, 0) is 41.3 Å². The van der Waals surface area contributed by atoms with E-state index in [-0.39, 0.29) is 11.4 Å². The lowest BCUT2D eigenvalue weighted by molar-refractivity contribution is -0.114. The maximum atomic E-state index is 14.0. The fourth-order valence-corrected chi connectivity index (χ4v) is 4.16. The molecule has 0 spiro atoms. The van der Waals surface area contributed by atoms with Gasteiger partial charge in [-0.25, -0.2) is 9.37 Å². The number of para-hydroxylation sites is 1. The fraction of sp³-hybridized carbons (Fsp3) is 0.0500. The van der Waals surface area contributed by atoms with Gasteiger partial charge in [-0.15, -0.1) is 11.3 Å². The van der Waals surface area contributed by atoms with E-state index in [1.807, 2.05) is 29.6 Å². The van der Waals surface area contributed by atoms with Crippen molar-refractivity contribution in [3.63, 3.8) is 0 Å². The SMILES string of the molecule is O=C(/C=C/c1cccs1)N(Cc1cccnc1)c1nc2c(F)cccc2s1. The Morgan fingerprint density at radius 1 is 1.19 bits per heavy atom. The monoisotopic (exact) mass is 395 g/mol. The number of hydrogen-bond acceptors (Lipinski definition) is 5. The molecule has 1 aromatic carbocycles. The Kier molecular flexibility index (Phi) is 5.04. The highest BCUT2D eigenvalue weighted by Crippen LogP contribution is 2.31. The van der Waals surface area contributed by atoms with E-state index in [1.165, 1.54) is 23.5 Å². The van der Waals surface area contributed by atoms with Crippen LogP contribution in [0.15, 0.2) is 66.3 Å². The molecule has 0 unspecified atom stereocenters. The summed E-state index contributed by atoms with van der Waals surface area (Å²) < 4.78 is 14.7. The van der Waals surface area contributed by atoms with E-state index in [1.54, 1.807) is 46.8 Å². The van der Waals surface area contributed by atoms with Gasteiger partial charge in [-0.2, -0.15) is 0 Å². The number of thiophene rings is 1. The van der Waals surface area contributed by atoms with Crippen LogP contribution in [0, 0.1) is 5.82 Å². The number of aromatic nitrogens is 2. The molecule has 0 aliphatic carbocycles. The number of thiazole rings is 1. The summed E-state index contributed by atoms with van der Waals surface area (Å²) in [4.78, 5) is 23.9. The summed E-state index contributed by atoms with van der Waals surface area (Å²) in [6.45, 7) is 0.308. The van der Waals surface area contributed by atoms with Crippen LogP contribution < -0.4 is 4.90 Å². The van der Waals surface area contributed by atoms with Gasteiger partial charge in [0.1, 0.15) is 11.3 Å². The van der Waals surface area contributed by atoms with Gasteiger partial charge in [0, 0.05) is 23.3 Å². The first-order valence-corrected chi connectivity index (χ1v) is 9.87. The normalized spacial score (nSPS) is 11.3. The first-order valence-electron chi connectivity index (χ1n) is 8.18. The Balaban J connectivity index is 1.70. The Labute approximate surface area is 163 Å². The molecule has 7 heteroatoms. The number of halogens is 1. The van der Waals surface area contributed by atoms with Crippen LogP contribution in [0.1, 0.15) is 10.4 Å². The van der Waals surface area contributed by atoms with E-state index >= 15 is 0 Å². The molecule has 4 rings (SSSR count). The third kappa shape index (κ3) is 3.94. The lowest BCUT2D eigenvalue weighted by Crippen LogP contribution is -2.28. The highest BCUT2D eigenvalue weighted by Gasteiger charge is 2.19. The van der Waals surface area contributed by atoms with Crippen LogP contribution in [-0.4, -0.2) is 15.9 Å². The van der Waals surface area contributed by atoms with Crippen LogP contribution >= 0.6 is 22.7 Å². The van der Waals surface area contributed by atoms with Crippen molar-refractivity contribution >= 4 is 50.0 Å². The Morgan fingerprint density at radius 3 is 2.85 bits per heavy atom. The van der Waals surface area contributed by atoms with Gasteiger partial charge < -0.3 is 0 Å². The lowest BCUT2D eigenvalue weighted by Gasteiger charge is -2.18. The number of rotatable bonds is 5. The number of fused-ring (bicyclic) bond motifs is 1. The van der Waals surface area contributed by atoms with E-state index in [9.17, 15) is 9.18 Å². The fourth-order valence-electron chi connectivity index (χ4n) is 2.56. The molecule has 4 nitrogen and oxygen atoms in total. The maximum absolute atomic E-state index is 14.0. The van der Waals surface area contributed by atoms with E-state index in [0.29, 0.717) is 16.4 Å². The quantitative estimate of drug-likeness (QED) is 0.440. The van der Waals surface area contributed by atoms with Crippen molar-refractivity contribution in [3.8, 4) is 0 Å². The van der Waals surface area contributed by atoms with Crippen LogP contribution in [0.3, 0.4) is 0 Å². The van der Waals surface area contributed by atoms with Gasteiger partial charge in [0.15, 0.2) is 5.13 Å². The number of amides is 1. The van der Waals surface area contributed by atoms with Crippen molar-refractivity contribution in [2.24, 2.45) is 0 Å². The Hall–Kier alpha value is -2.90. The molecule has 4 aromatic rings. The highest BCUT2D eigenvalue weighted by atomic mass is 32.1. The number of carbonyl (C=O) groups excluding carboxylic acids is 1. The molecular formula is C20H14FN3OS2. The zero-order valence-electron chi connectivity index (χ0n) is 14.1. The standard InChI is InChI=1S/C20H14FN3OS2/c21-16-6-1-7-17-19(16)23-20(27-17)24(13-14-4-2-10-22-12-14)18(25)9-8-15-5-3-11-26-15/h1-12H,13H2/b9-8+. The first-order chi connectivity index (χ1) is 13.2. The van der Waals surface area contributed by atoms with Crippen LogP contribution in [0.2, 0.25) is 0 Å². The zero-order chi connectivity index (χ0) is 18.6. The molecule has 27 heavy (non-hydrogen) atoms. The molecule has 0 aliphatic heterocycles. The van der Waals surface area contributed by atoms with Crippen molar-refractivity contribution in [3.05, 3.63) is 82.6 Å². The van der Waals surface area contributed by atoms with Gasteiger partial charge in [-0.3, -0.25) is 14.7 Å². The summed E-state index contributed by atoms with van der Waals surface area (Å²) in [5.74, 6) is -0.607. The average Bonchev–Trinajstić information content (AvgIpc) is 3.35. The molecule has 0 atom stereocenters. The molecule has 0 bridgehead atoms. The van der Waals surface area contributed by atoms with Crippen LogP contribution in [0.4, 0.5) is 9.52 Å². The molecule has 1 amide bonds. The number of anilines is 1. The number of nitrogens with zero attached hydrogens (tertiary/aromatic N) is 3. The van der Waals surface area contributed by atoms with Crippen molar-refractivity contribution in [2.75, 3.05) is 4.90 Å². The minimum atomic E-state index is -0.391. The third-order valence-corrected chi connectivity index (χ3v) is 5.73. The highest BCUT2D eigenvalue weighted by molar-refractivity contribution is 7.22. The zero-order valence-corrected chi connectivity index (χ0v) is 15.7. The largest absolute Gasteiger partial charge is 0.280 e. The summed E-state index contributed by atoms with van der Waals surface area (Å²) >= 11 is 2.84. The molecule has 3 aromatic heterocycles. The van der Waals surface area contributed by atoms with Gasteiger partial charge in [-0.1, -0.05) is 29.5 Å². The second-order valence-corrected chi connectivity index (χ2v) is 7.71. The molecule has 0 saturated heterocycles. The van der Waals surface area contributed by atoms with Gasteiger partial charge in [0.2, 0.25) is 0 Å². The molecule has 134 valence electrons. The number of carbonyl (C=O) groups is 1. The molecule has 0 saturated carbocycles. The summed E-state index contributed by atoms with van der Waals surface area (Å²) in [5.41, 5.74) is 1.15. The minimum absolute atomic E-state index is 0.216. The van der Waals surface area contributed by atoms with Gasteiger partial charge >= 0.3 is 0 Å². The topological polar surface area (TPSA) is 46.1 Å². The number of hydrogen-bond donors (Lipinski definition) is 0. The van der Waals surface area contributed by atoms with E-state index in [2.05, 4.69) is 9.97 Å². The molecule has 3 heterocycles. The maximum Gasteiger partial charge on any atom is 0.253 e. The molecule has 0 aliphatic rings. The first kappa shape index (κ1) is 17.5. The van der Waals surface area contributed by atoms with Gasteiger partial charge in [0.25, 0.3) is 5.91 Å². The van der Waals surface area contributed by atoms with Crippen LogP contribution in [0.5, 0.6) is 0 Å². The molecule has 0 radical (unpaired) electrons. The average molecular weight is 395 g/mol. The van der Waals surface area contributed by atoms with Crippen LogP contribution in [0.25, 0.3) is 16.3 Å². The molecule has 0 N–H and O–H groups in total.